The van der Waals surface area contributed by atoms with Crippen LogP contribution in [-0.2, 0) is 20.7 Å². The number of ether oxygens (including phenoxy) is 1. The maximum atomic E-state index is 12.5. The Kier molecular flexibility index (Phi) is 6.67. The van der Waals surface area contributed by atoms with E-state index >= 15 is 0 Å². The van der Waals surface area contributed by atoms with Gasteiger partial charge in [0.05, 0.1) is 0 Å². The molecule has 0 N–H and O–H groups in total. The monoisotopic (exact) mass is 358 g/mol. The smallest absolute Gasteiger partial charge is 0.222 e. The van der Waals surface area contributed by atoms with Gasteiger partial charge in [0.25, 0.3) is 0 Å². The van der Waals surface area contributed by atoms with Gasteiger partial charge in [-0.3, -0.25) is 9.59 Å². The van der Waals surface area contributed by atoms with Gasteiger partial charge in [-0.05, 0) is 37.7 Å². The summed E-state index contributed by atoms with van der Waals surface area (Å²) in [5, 5.41) is 0. The minimum atomic E-state index is 0.158. The summed E-state index contributed by atoms with van der Waals surface area (Å²) in [6.07, 6.45) is 4.97. The Morgan fingerprint density at radius 2 is 1.65 bits per heavy atom. The largest absolute Gasteiger partial charge is 0.381 e. The van der Waals surface area contributed by atoms with Crippen molar-refractivity contribution in [3.8, 4) is 0 Å². The molecule has 0 radical (unpaired) electrons. The number of hydrogen-bond acceptors (Lipinski definition) is 3. The van der Waals surface area contributed by atoms with Crippen LogP contribution in [0.3, 0.4) is 0 Å². The van der Waals surface area contributed by atoms with Crippen LogP contribution < -0.4 is 0 Å². The van der Waals surface area contributed by atoms with Crippen LogP contribution >= 0.6 is 0 Å². The first-order valence-electron chi connectivity index (χ1n) is 9.83. The van der Waals surface area contributed by atoms with Gasteiger partial charge in [-0.25, -0.2) is 0 Å². The maximum Gasteiger partial charge on any atom is 0.222 e. The molecule has 0 aliphatic carbocycles. The summed E-state index contributed by atoms with van der Waals surface area (Å²) in [4.78, 5) is 28.8. The van der Waals surface area contributed by atoms with Crippen LogP contribution in [0.1, 0.15) is 44.6 Å². The average molecular weight is 358 g/mol. The van der Waals surface area contributed by atoms with Gasteiger partial charge in [0, 0.05) is 51.7 Å². The first kappa shape index (κ1) is 18.9. The summed E-state index contributed by atoms with van der Waals surface area (Å²) in [5.74, 6) is 0.387. The minimum absolute atomic E-state index is 0.158. The maximum absolute atomic E-state index is 12.5. The van der Waals surface area contributed by atoms with Crippen LogP contribution in [0.15, 0.2) is 30.3 Å². The molecule has 0 spiro atoms. The predicted octanol–water partition coefficient (Wildman–Crippen LogP) is 2.64. The third-order valence-corrected chi connectivity index (χ3v) is 5.63. The molecule has 3 rings (SSSR count). The van der Waals surface area contributed by atoms with E-state index in [4.69, 9.17) is 4.74 Å². The summed E-state index contributed by atoms with van der Waals surface area (Å²) in [6, 6.07) is 10.7. The molecule has 1 aromatic rings. The highest BCUT2D eigenvalue weighted by Crippen LogP contribution is 2.24. The Labute approximate surface area is 156 Å². The van der Waals surface area contributed by atoms with Gasteiger partial charge in [0.1, 0.15) is 0 Å². The normalized spacial score (nSPS) is 19.3. The highest BCUT2D eigenvalue weighted by Gasteiger charge is 2.33. The molecule has 2 aliphatic rings. The van der Waals surface area contributed by atoms with E-state index in [0.29, 0.717) is 12.5 Å². The molecular formula is C21H30N2O3. The summed E-state index contributed by atoms with van der Waals surface area (Å²) >= 11 is 0. The Bertz CT molecular complexity index is 591. The number of rotatable bonds is 5. The molecule has 0 aromatic heterocycles. The number of amides is 2. The molecule has 2 saturated heterocycles. The minimum Gasteiger partial charge on any atom is -0.381 e. The fraction of sp³-hybridized carbons (Fsp3) is 0.619. The van der Waals surface area contributed by atoms with E-state index in [2.05, 4.69) is 17.0 Å². The second kappa shape index (κ2) is 9.17. The van der Waals surface area contributed by atoms with E-state index < -0.39 is 0 Å². The lowest BCUT2D eigenvalue weighted by molar-refractivity contribution is -0.139. The highest BCUT2D eigenvalue weighted by atomic mass is 16.5. The Morgan fingerprint density at radius 3 is 2.27 bits per heavy atom. The van der Waals surface area contributed by atoms with Crippen LogP contribution in [0, 0.1) is 0 Å². The number of aryl methyl sites for hydroxylation is 1. The van der Waals surface area contributed by atoms with E-state index in [1.807, 2.05) is 23.1 Å². The standard InChI is InChI=1S/C21H30N2O3/c1-17(24)23(20-11-15-26-16-12-20)19-9-13-22(14-10-19)21(25)8-7-18-5-3-2-4-6-18/h2-6,19-20H,7-16H2,1H3. The van der Waals surface area contributed by atoms with E-state index in [0.717, 1.165) is 58.4 Å². The fourth-order valence-corrected chi connectivity index (χ4v) is 4.22. The fourth-order valence-electron chi connectivity index (χ4n) is 4.22. The zero-order valence-electron chi connectivity index (χ0n) is 15.7. The lowest BCUT2D eigenvalue weighted by atomic mass is 9.97. The second-order valence-corrected chi connectivity index (χ2v) is 7.37. The van der Waals surface area contributed by atoms with E-state index in [1.54, 1.807) is 6.92 Å². The Hall–Kier alpha value is -1.88. The van der Waals surface area contributed by atoms with E-state index in [1.165, 1.54) is 5.56 Å². The van der Waals surface area contributed by atoms with Crippen LogP contribution in [0.25, 0.3) is 0 Å². The van der Waals surface area contributed by atoms with Gasteiger partial charge >= 0.3 is 0 Å². The second-order valence-electron chi connectivity index (χ2n) is 7.37. The number of likely N-dealkylation sites (tertiary alicyclic amines) is 1. The third-order valence-electron chi connectivity index (χ3n) is 5.63. The molecule has 0 atom stereocenters. The highest BCUT2D eigenvalue weighted by molar-refractivity contribution is 5.77. The molecule has 1 aromatic carbocycles. The quantitative estimate of drug-likeness (QED) is 0.813. The lowest BCUT2D eigenvalue weighted by Gasteiger charge is -2.43. The summed E-state index contributed by atoms with van der Waals surface area (Å²) in [5.41, 5.74) is 1.21. The molecule has 5 nitrogen and oxygen atoms in total. The molecule has 0 saturated carbocycles. The molecule has 26 heavy (non-hydrogen) atoms. The predicted molar refractivity (Wildman–Crippen MR) is 101 cm³/mol. The first-order valence-corrected chi connectivity index (χ1v) is 9.83. The molecule has 2 amide bonds. The van der Waals surface area contributed by atoms with Crippen molar-refractivity contribution in [2.24, 2.45) is 0 Å². The van der Waals surface area contributed by atoms with Gasteiger partial charge in [0.2, 0.25) is 11.8 Å². The van der Waals surface area contributed by atoms with Crippen molar-refractivity contribution in [1.82, 2.24) is 9.80 Å². The molecule has 2 heterocycles. The first-order chi connectivity index (χ1) is 12.6. The van der Waals surface area contributed by atoms with Crippen molar-refractivity contribution in [2.45, 2.75) is 57.5 Å². The molecule has 5 heteroatoms. The van der Waals surface area contributed by atoms with E-state index in [-0.39, 0.29) is 17.9 Å². The number of hydrogen-bond donors (Lipinski definition) is 0. The van der Waals surface area contributed by atoms with Crippen molar-refractivity contribution < 1.29 is 14.3 Å². The van der Waals surface area contributed by atoms with E-state index in [9.17, 15) is 9.59 Å². The van der Waals surface area contributed by atoms with Gasteiger partial charge in [-0.15, -0.1) is 0 Å². The molecule has 142 valence electrons. The SMILES string of the molecule is CC(=O)N(C1CCOCC1)C1CCN(C(=O)CCc2ccccc2)CC1. The Morgan fingerprint density at radius 1 is 1.04 bits per heavy atom. The zero-order valence-corrected chi connectivity index (χ0v) is 15.7. The van der Waals surface area contributed by atoms with Gasteiger partial charge in [-0.1, -0.05) is 30.3 Å². The molecule has 2 fully saturated rings. The van der Waals surface area contributed by atoms with Gasteiger partial charge < -0.3 is 14.5 Å². The summed E-state index contributed by atoms with van der Waals surface area (Å²) in [7, 11) is 0. The summed E-state index contributed by atoms with van der Waals surface area (Å²) in [6.45, 7) is 4.67. The molecule has 0 bridgehead atoms. The van der Waals surface area contributed by atoms with Gasteiger partial charge in [0.15, 0.2) is 0 Å². The zero-order chi connectivity index (χ0) is 18.4. The van der Waals surface area contributed by atoms with Crippen LogP contribution in [-0.4, -0.2) is 60.0 Å². The average Bonchev–Trinajstić information content (AvgIpc) is 2.68. The molecule has 2 aliphatic heterocycles. The number of benzene rings is 1. The topological polar surface area (TPSA) is 49.9 Å². The lowest BCUT2D eigenvalue weighted by Crippen LogP contribution is -2.53. The van der Waals surface area contributed by atoms with Crippen LogP contribution in [0.2, 0.25) is 0 Å². The van der Waals surface area contributed by atoms with Crippen LogP contribution in [0.5, 0.6) is 0 Å². The van der Waals surface area contributed by atoms with Gasteiger partial charge in [-0.2, -0.15) is 0 Å². The third kappa shape index (κ3) is 4.85. The molecular weight excluding hydrogens is 328 g/mol. The van der Waals surface area contributed by atoms with Crippen molar-refractivity contribution in [3.05, 3.63) is 35.9 Å². The van der Waals surface area contributed by atoms with Crippen molar-refractivity contribution >= 4 is 11.8 Å². The van der Waals surface area contributed by atoms with Crippen LogP contribution in [0.4, 0.5) is 0 Å². The number of carbonyl (C=O) groups is 2. The van der Waals surface area contributed by atoms with Crippen molar-refractivity contribution in [3.63, 3.8) is 0 Å². The summed E-state index contributed by atoms with van der Waals surface area (Å²) < 4.78 is 5.44. The van der Waals surface area contributed by atoms with Crippen molar-refractivity contribution in [2.75, 3.05) is 26.3 Å². The Balaban J connectivity index is 1.49. The number of nitrogens with zero attached hydrogens (tertiary/aromatic N) is 2. The number of piperidine rings is 1. The molecule has 0 unspecified atom stereocenters. The van der Waals surface area contributed by atoms with Crippen molar-refractivity contribution in [1.29, 1.82) is 0 Å². The number of carbonyl (C=O) groups excluding carboxylic acids is 2.